The smallest absolute Gasteiger partial charge is 0.497 e. The number of rotatable bonds is 9. The van der Waals surface area contributed by atoms with Gasteiger partial charge in [-0.3, -0.25) is 4.79 Å². The van der Waals surface area contributed by atoms with Gasteiger partial charge in [0.05, 0.1) is 18.3 Å². The number of carbonyl (C=O) groups is 2. The first-order valence-corrected chi connectivity index (χ1v) is 13.1. The Balaban J connectivity index is 1.41. The number of benzene rings is 3. The highest BCUT2D eigenvalue weighted by Gasteiger charge is 2.58. The molecule has 2 saturated heterocycles. The largest absolute Gasteiger partial charge is 0.509 e. The maximum Gasteiger partial charge on any atom is 0.509 e. The van der Waals surface area contributed by atoms with Gasteiger partial charge < -0.3 is 33.7 Å². The number of carbonyl (C=O) groups excluding carboxylic acids is 2. The van der Waals surface area contributed by atoms with Crippen LogP contribution in [0.25, 0.3) is 11.1 Å². The molecular weight excluding hydrogens is 514 g/mol. The van der Waals surface area contributed by atoms with E-state index in [1.165, 1.54) is 7.11 Å². The number of ether oxygens (including phenoxy) is 6. The molecule has 0 saturated carbocycles. The molecule has 2 aliphatic rings. The van der Waals surface area contributed by atoms with Crippen molar-refractivity contribution in [3.63, 3.8) is 0 Å². The van der Waals surface area contributed by atoms with Crippen LogP contribution in [-0.2, 0) is 25.4 Å². The molecule has 0 radical (unpaired) electrons. The number of fused-ring (bicyclic) bond motifs is 1. The molecule has 0 aliphatic carbocycles. The summed E-state index contributed by atoms with van der Waals surface area (Å²) in [5.41, 5.74) is 2.29. The van der Waals surface area contributed by atoms with Crippen molar-refractivity contribution in [1.82, 2.24) is 5.32 Å². The minimum absolute atomic E-state index is 0.245. The summed E-state index contributed by atoms with van der Waals surface area (Å²) in [5, 5.41) is 3.02. The Morgan fingerprint density at radius 1 is 0.925 bits per heavy atom. The van der Waals surface area contributed by atoms with Gasteiger partial charge in [-0.1, -0.05) is 42.5 Å². The van der Waals surface area contributed by atoms with Crippen LogP contribution in [0.5, 0.6) is 11.5 Å². The Labute approximate surface area is 233 Å². The average molecular weight is 548 g/mol. The minimum Gasteiger partial charge on any atom is -0.497 e. The summed E-state index contributed by atoms with van der Waals surface area (Å²) in [6, 6.07) is 22.7. The van der Waals surface area contributed by atoms with Crippen molar-refractivity contribution >= 4 is 12.1 Å². The van der Waals surface area contributed by atoms with Gasteiger partial charge in [-0.25, -0.2) is 4.79 Å². The van der Waals surface area contributed by atoms with E-state index in [4.69, 9.17) is 28.4 Å². The first-order chi connectivity index (χ1) is 19.3. The van der Waals surface area contributed by atoms with Gasteiger partial charge in [0.25, 0.3) is 5.91 Å². The van der Waals surface area contributed by atoms with Crippen LogP contribution in [0.3, 0.4) is 0 Å². The third kappa shape index (κ3) is 5.76. The topological polar surface area (TPSA) is 102 Å². The predicted molar refractivity (Wildman–Crippen MR) is 146 cm³/mol. The lowest BCUT2D eigenvalue weighted by molar-refractivity contribution is -0.282. The molecule has 2 aliphatic heterocycles. The highest BCUT2D eigenvalue weighted by Crippen LogP contribution is 2.39. The second-order valence-corrected chi connectivity index (χ2v) is 10.2. The molecule has 210 valence electrons. The summed E-state index contributed by atoms with van der Waals surface area (Å²) in [6.45, 7) is 4.13. The predicted octanol–water partition coefficient (Wildman–Crippen LogP) is 4.77. The van der Waals surface area contributed by atoms with Crippen LogP contribution in [0.2, 0.25) is 0 Å². The third-order valence-corrected chi connectivity index (χ3v) is 7.15. The fraction of sp³-hybridized carbons (Fsp3) is 0.355. The zero-order valence-electron chi connectivity index (χ0n) is 22.9. The second kappa shape index (κ2) is 11.6. The zero-order chi connectivity index (χ0) is 28.3. The van der Waals surface area contributed by atoms with Crippen molar-refractivity contribution in [2.75, 3.05) is 20.8 Å². The monoisotopic (exact) mass is 547 g/mol. The van der Waals surface area contributed by atoms with Gasteiger partial charge in [-0.05, 0) is 67.3 Å². The zero-order valence-corrected chi connectivity index (χ0v) is 22.9. The van der Waals surface area contributed by atoms with Gasteiger partial charge in [0, 0.05) is 13.7 Å². The maximum absolute atomic E-state index is 13.5. The standard InChI is InChI=1S/C31H33NO8/c1-31(2)27(36-4)25-26(39-30(34)38-25)29(40-31)37-22-14-15-23(20-10-12-21(35-3)13-11-20)24(18-22)28(33)32-17-16-19-8-6-5-7-9-19/h5-15,18,25-27,29H,16-17H2,1-4H3,(H,32,33)/t25-,26+,27+,29+/m0/s1. The van der Waals surface area contributed by atoms with Gasteiger partial charge in [0.1, 0.15) is 17.6 Å². The Hall–Kier alpha value is -4.08. The molecule has 3 aromatic carbocycles. The quantitative estimate of drug-likeness (QED) is 0.383. The SMILES string of the molecule is COc1ccc(-c2ccc(O[C@@H]3OC(C)(C)[C@H](OC)[C@H]4OC(=O)O[C@@H]34)cc2C(=O)NCCc2ccccc2)cc1. The Bertz CT molecular complexity index is 1340. The fourth-order valence-corrected chi connectivity index (χ4v) is 5.17. The lowest BCUT2D eigenvalue weighted by atomic mass is 9.89. The van der Waals surface area contributed by atoms with E-state index in [0.717, 1.165) is 16.7 Å². The van der Waals surface area contributed by atoms with E-state index in [1.54, 1.807) is 19.2 Å². The van der Waals surface area contributed by atoms with Crippen LogP contribution in [0.4, 0.5) is 4.79 Å². The maximum atomic E-state index is 13.5. The molecule has 40 heavy (non-hydrogen) atoms. The molecule has 0 unspecified atom stereocenters. The summed E-state index contributed by atoms with van der Waals surface area (Å²) in [5.74, 6) is 0.848. The number of hydrogen-bond donors (Lipinski definition) is 1. The minimum atomic E-state index is -0.973. The molecule has 2 fully saturated rings. The normalized spacial score (nSPS) is 22.9. The summed E-state index contributed by atoms with van der Waals surface area (Å²) >= 11 is 0. The average Bonchev–Trinajstić information content (AvgIpc) is 3.34. The summed E-state index contributed by atoms with van der Waals surface area (Å²) < 4.78 is 34.0. The number of hydrogen-bond acceptors (Lipinski definition) is 8. The fourth-order valence-electron chi connectivity index (χ4n) is 5.17. The van der Waals surface area contributed by atoms with Crippen molar-refractivity contribution < 1.29 is 38.0 Å². The highest BCUT2D eigenvalue weighted by atomic mass is 16.8. The Kier molecular flexibility index (Phi) is 7.95. The first kappa shape index (κ1) is 27.5. The van der Waals surface area contributed by atoms with Gasteiger partial charge in [-0.15, -0.1) is 0 Å². The molecule has 9 heteroatoms. The summed E-state index contributed by atoms with van der Waals surface area (Å²) in [7, 11) is 3.13. The lowest BCUT2D eigenvalue weighted by Crippen LogP contribution is -2.62. The van der Waals surface area contributed by atoms with Gasteiger partial charge in [0.2, 0.25) is 12.4 Å². The van der Waals surface area contributed by atoms with E-state index >= 15 is 0 Å². The molecule has 2 heterocycles. The van der Waals surface area contributed by atoms with Crippen molar-refractivity contribution in [3.05, 3.63) is 83.9 Å². The molecular formula is C31H33NO8. The van der Waals surface area contributed by atoms with Crippen LogP contribution in [0, 0.1) is 0 Å². The van der Waals surface area contributed by atoms with Gasteiger partial charge in [0.15, 0.2) is 6.10 Å². The summed E-state index contributed by atoms with van der Waals surface area (Å²) in [6.07, 6.45) is -3.17. The second-order valence-electron chi connectivity index (χ2n) is 10.2. The number of nitrogens with one attached hydrogen (secondary N) is 1. The molecule has 5 rings (SSSR count). The molecule has 1 amide bonds. The van der Waals surface area contributed by atoms with Crippen molar-refractivity contribution in [2.45, 2.75) is 50.5 Å². The van der Waals surface area contributed by atoms with Crippen LogP contribution in [0.15, 0.2) is 72.8 Å². The molecule has 4 atom stereocenters. The van der Waals surface area contributed by atoms with Crippen LogP contribution < -0.4 is 14.8 Å². The molecule has 1 N–H and O–H groups in total. The van der Waals surface area contributed by atoms with Gasteiger partial charge >= 0.3 is 6.16 Å². The first-order valence-electron chi connectivity index (χ1n) is 13.1. The molecule has 9 nitrogen and oxygen atoms in total. The van der Waals surface area contributed by atoms with E-state index < -0.39 is 36.4 Å². The highest BCUT2D eigenvalue weighted by molar-refractivity contribution is 6.01. The Morgan fingerprint density at radius 2 is 1.62 bits per heavy atom. The van der Waals surface area contributed by atoms with Gasteiger partial charge in [-0.2, -0.15) is 0 Å². The molecule has 0 aromatic heterocycles. The van der Waals surface area contributed by atoms with Crippen molar-refractivity contribution in [3.8, 4) is 22.6 Å². The van der Waals surface area contributed by atoms with Crippen molar-refractivity contribution in [1.29, 1.82) is 0 Å². The van der Waals surface area contributed by atoms with Crippen LogP contribution in [-0.4, -0.2) is 63.0 Å². The van der Waals surface area contributed by atoms with E-state index in [-0.39, 0.29) is 5.91 Å². The lowest BCUT2D eigenvalue weighted by Gasteiger charge is -2.45. The third-order valence-electron chi connectivity index (χ3n) is 7.15. The van der Waals surface area contributed by atoms with E-state index in [9.17, 15) is 9.59 Å². The van der Waals surface area contributed by atoms with E-state index in [2.05, 4.69) is 5.32 Å². The molecule has 0 spiro atoms. The van der Waals surface area contributed by atoms with E-state index in [1.807, 2.05) is 74.5 Å². The molecule has 0 bridgehead atoms. The summed E-state index contributed by atoms with van der Waals surface area (Å²) in [4.78, 5) is 25.5. The number of amides is 1. The molecule has 3 aromatic rings. The van der Waals surface area contributed by atoms with Crippen LogP contribution >= 0.6 is 0 Å². The van der Waals surface area contributed by atoms with Crippen molar-refractivity contribution in [2.24, 2.45) is 0 Å². The van der Waals surface area contributed by atoms with E-state index in [0.29, 0.717) is 30.0 Å². The van der Waals surface area contributed by atoms with Crippen LogP contribution in [0.1, 0.15) is 29.8 Å². The number of methoxy groups -OCH3 is 2. The Morgan fingerprint density at radius 3 is 2.33 bits per heavy atom.